The number of hydrogen-bond donors (Lipinski definition) is 1. The highest BCUT2D eigenvalue weighted by molar-refractivity contribution is 7.90. The molecule has 0 aliphatic heterocycles. The van der Waals surface area contributed by atoms with Gasteiger partial charge >= 0.3 is 5.69 Å². The number of hydrogen-bond acceptors (Lipinski definition) is 7. The normalized spacial score (nSPS) is 12.6. The summed E-state index contributed by atoms with van der Waals surface area (Å²) < 4.78 is 51.1. The van der Waals surface area contributed by atoms with Crippen molar-refractivity contribution in [1.82, 2.24) is 19.5 Å². The van der Waals surface area contributed by atoms with Crippen LogP contribution >= 0.6 is 0 Å². The van der Waals surface area contributed by atoms with Gasteiger partial charge in [-0.25, -0.2) is 22.6 Å². The molecule has 9 nitrogen and oxygen atoms in total. The minimum Gasteiger partial charge on any atom is -0.493 e. The summed E-state index contributed by atoms with van der Waals surface area (Å²) in [6.07, 6.45) is 3.95. The Morgan fingerprint density at radius 2 is 1.97 bits per heavy atom. The maximum Gasteiger partial charge on any atom is 0.328 e. The first-order valence-corrected chi connectivity index (χ1v) is 12.5. The molecule has 34 heavy (non-hydrogen) atoms. The maximum atomic E-state index is 14.2. The van der Waals surface area contributed by atoms with Crippen molar-refractivity contribution in [2.45, 2.75) is 13.0 Å². The molecule has 0 fully saturated rings. The van der Waals surface area contributed by atoms with E-state index in [0.717, 1.165) is 6.26 Å². The SMILES string of the molecule is CCOc1cc(C(CS(C)(=O)=O)n2c(=O)[nH]c3cc(-c4ncccc4F)cnc32)ccc1OC. The van der Waals surface area contributed by atoms with E-state index in [1.807, 2.05) is 6.92 Å². The Kier molecular flexibility index (Phi) is 6.38. The molecule has 1 atom stereocenters. The summed E-state index contributed by atoms with van der Waals surface area (Å²) in [4.78, 5) is 24.1. The molecule has 11 heteroatoms. The van der Waals surface area contributed by atoms with Gasteiger partial charge in [-0.15, -0.1) is 0 Å². The van der Waals surface area contributed by atoms with Crippen LogP contribution in [0.3, 0.4) is 0 Å². The van der Waals surface area contributed by atoms with Crippen molar-refractivity contribution < 1.29 is 22.3 Å². The van der Waals surface area contributed by atoms with Gasteiger partial charge in [0.15, 0.2) is 17.1 Å². The standard InChI is InChI=1S/C23H23FN4O5S/c1-4-33-20-11-14(7-8-19(20)32-2)18(13-34(3,30)31)28-22-17(27-23(28)29)10-15(12-26-22)21-16(24)6-5-9-25-21/h5-12,18H,4,13H2,1-3H3,(H,27,29). The van der Waals surface area contributed by atoms with Crippen LogP contribution in [0.15, 0.2) is 53.6 Å². The lowest BCUT2D eigenvalue weighted by atomic mass is 10.1. The average Bonchev–Trinajstić information content (AvgIpc) is 3.12. The average molecular weight is 487 g/mol. The molecule has 0 bridgehead atoms. The van der Waals surface area contributed by atoms with E-state index in [2.05, 4.69) is 15.0 Å². The number of fused-ring (bicyclic) bond motifs is 1. The molecule has 0 radical (unpaired) electrons. The van der Waals surface area contributed by atoms with Gasteiger partial charge < -0.3 is 14.5 Å². The Labute approximate surface area is 195 Å². The topological polar surface area (TPSA) is 116 Å². The molecule has 0 aliphatic carbocycles. The van der Waals surface area contributed by atoms with Crippen LogP contribution in [0.1, 0.15) is 18.5 Å². The van der Waals surface area contributed by atoms with Gasteiger partial charge in [-0.2, -0.15) is 0 Å². The highest BCUT2D eigenvalue weighted by Crippen LogP contribution is 2.33. The van der Waals surface area contributed by atoms with Crippen LogP contribution < -0.4 is 15.2 Å². The third-order valence-corrected chi connectivity index (χ3v) is 6.15. The molecular weight excluding hydrogens is 463 g/mol. The summed E-state index contributed by atoms with van der Waals surface area (Å²) in [5.74, 6) is 0.0303. The van der Waals surface area contributed by atoms with Crippen molar-refractivity contribution in [3.05, 3.63) is 70.7 Å². The van der Waals surface area contributed by atoms with Crippen molar-refractivity contribution in [1.29, 1.82) is 0 Å². The largest absolute Gasteiger partial charge is 0.493 e. The number of imidazole rings is 1. The summed E-state index contributed by atoms with van der Waals surface area (Å²) in [5.41, 5.74) is 0.997. The molecule has 1 aromatic carbocycles. The van der Waals surface area contributed by atoms with Crippen LogP contribution in [0.2, 0.25) is 0 Å². The first kappa shape index (κ1) is 23.4. The molecule has 3 aromatic heterocycles. The summed E-state index contributed by atoms with van der Waals surface area (Å²) in [6.45, 7) is 2.19. The van der Waals surface area contributed by atoms with E-state index < -0.39 is 27.4 Å². The van der Waals surface area contributed by atoms with Gasteiger partial charge in [0, 0.05) is 24.2 Å². The highest BCUT2D eigenvalue weighted by atomic mass is 32.2. The van der Waals surface area contributed by atoms with E-state index in [1.54, 1.807) is 24.3 Å². The van der Waals surface area contributed by atoms with Crippen molar-refractivity contribution >= 4 is 21.0 Å². The number of H-pyrrole nitrogens is 1. The number of methoxy groups -OCH3 is 1. The Bertz CT molecular complexity index is 1510. The zero-order chi connectivity index (χ0) is 24.5. The van der Waals surface area contributed by atoms with Gasteiger partial charge in [-0.1, -0.05) is 6.07 Å². The fraction of sp³-hybridized carbons (Fsp3) is 0.261. The Morgan fingerprint density at radius 3 is 2.65 bits per heavy atom. The zero-order valence-electron chi connectivity index (χ0n) is 18.8. The van der Waals surface area contributed by atoms with Crippen LogP contribution in [-0.2, 0) is 9.84 Å². The number of aromatic amines is 1. The molecule has 0 saturated heterocycles. The van der Waals surface area contributed by atoms with Gasteiger partial charge in [-0.3, -0.25) is 9.55 Å². The number of nitrogens with zero attached hydrogens (tertiary/aromatic N) is 3. The number of benzene rings is 1. The lowest BCUT2D eigenvalue weighted by Crippen LogP contribution is -2.28. The number of ether oxygens (including phenoxy) is 2. The van der Waals surface area contributed by atoms with E-state index in [4.69, 9.17) is 9.47 Å². The van der Waals surface area contributed by atoms with Crippen LogP contribution in [0, 0.1) is 5.82 Å². The molecule has 4 aromatic rings. The van der Waals surface area contributed by atoms with E-state index in [9.17, 15) is 17.6 Å². The third-order valence-electron chi connectivity index (χ3n) is 5.23. The Hall–Kier alpha value is -3.73. The number of rotatable bonds is 8. The number of sulfone groups is 1. The van der Waals surface area contributed by atoms with Gasteiger partial charge in [0.05, 0.1) is 31.0 Å². The van der Waals surface area contributed by atoms with Crippen molar-refractivity contribution in [2.75, 3.05) is 25.7 Å². The first-order valence-electron chi connectivity index (χ1n) is 10.4. The first-order chi connectivity index (χ1) is 16.2. The fourth-order valence-electron chi connectivity index (χ4n) is 3.81. The molecule has 178 valence electrons. The fourth-order valence-corrected chi connectivity index (χ4v) is 4.72. The van der Waals surface area contributed by atoms with Gasteiger partial charge in [0.25, 0.3) is 0 Å². The monoisotopic (exact) mass is 486 g/mol. The van der Waals surface area contributed by atoms with E-state index in [0.29, 0.717) is 34.7 Å². The molecule has 0 saturated carbocycles. The summed E-state index contributed by atoms with van der Waals surface area (Å²) >= 11 is 0. The van der Waals surface area contributed by atoms with Crippen molar-refractivity contribution in [2.24, 2.45) is 0 Å². The van der Waals surface area contributed by atoms with Crippen LogP contribution in [0.4, 0.5) is 4.39 Å². The van der Waals surface area contributed by atoms with E-state index >= 15 is 0 Å². The van der Waals surface area contributed by atoms with Crippen LogP contribution in [0.5, 0.6) is 11.5 Å². The second-order valence-electron chi connectivity index (χ2n) is 7.68. The molecule has 3 heterocycles. The maximum absolute atomic E-state index is 14.2. The van der Waals surface area contributed by atoms with Crippen LogP contribution in [0.25, 0.3) is 22.4 Å². The predicted molar refractivity (Wildman–Crippen MR) is 126 cm³/mol. The zero-order valence-corrected chi connectivity index (χ0v) is 19.6. The number of nitrogens with one attached hydrogen (secondary N) is 1. The van der Waals surface area contributed by atoms with E-state index in [1.165, 1.54) is 36.2 Å². The number of pyridine rings is 2. The van der Waals surface area contributed by atoms with E-state index in [-0.39, 0.29) is 17.1 Å². The molecule has 0 amide bonds. The minimum absolute atomic E-state index is 0.0923. The lowest BCUT2D eigenvalue weighted by Gasteiger charge is -2.20. The predicted octanol–water partition coefficient (Wildman–Crippen LogP) is 2.97. The van der Waals surface area contributed by atoms with Crippen molar-refractivity contribution in [3.63, 3.8) is 0 Å². The smallest absolute Gasteiger partial charge is 0.328 e. The summed E-state index contributed by atoms with van der Waals surface area (Å²) in [5, 5.41) is 0. The van der Waals surface area contributed by atoms with Crippen LogP contribution in [-0.4, -0.2) is 53.7 Å². The molecular formula is C23H23FN4O5S. The second-order valence-corrected chi connectivity index (χ2v) is 9.87. The summed E-state index contributed by atoms with van der Waals surface area (Å²) in [7, 11) is -2.01. The quantitative estimate of drug-likeness (QED) is 0.407. The highest BCUT2D eigenvalue weighted by Gasteiger charge is 2.26. The molecule has 1 unspecified atom stereocenters. The van der Waals surface area contributed by atoms with Gasteiger partial charge in [0.1, 0.15) is 21.3 Å². The van der Waals surface area contributed by atoms with Crippen molar-refractivity contribution in [3.8, 4) is 22.8 Å². The van der Waals surface area contributed by atoms with Gasteiger partial charge in [-0.05, 0) is 42.8 Å². The van der Waals surface area contributed by atoms with Gasteiger partial charge in [0.2, 0.25) is 0 Å². The number of aromatic nitrogens is 4. The molecule has 4 rings (SSSR count). The Morgan fingerprint density at radius 1 is 1.18 bits per heavy atom. The molecule has 0 spiro atoms. The minimum atomic E-state index is -3.51. The lowest BCUT2D eigenvalue weighted by molar-refractivity contribution is 0.310. The summed E-state index contributed by atoms with van der Waals surface area (Å²) in [6, 6.07) is 8.41. The number of halogens is 1. The molecule has 0 aliphatic rings. The third kappa shape index (κ3) is 4.65. The second kappa shape index (κ2) is 9.26. The molecule has 1 N–H and O–H groups in total. The Balaban J connectivity index is 1.89.